The normalized spacial score (nSPS) is 10.6. The molecule has 3 aromatic rings. The van der Waals surface area contributed by atoms with Gasteiger partial charge in [0.2, 0.25) is 0 Å². The number of methoxy groups -OCH3 is 1. The van der Waals surface area contributed by atoms with Crippen LogP contribution in [-0.4, -0.2) is 17.9 Å². The molecule has 0 radical (unpaired) electrons. The lowest BCUT2D eigenvalue weighted by molar-refractivity contribution is 0.414. The Morgan fingerprint density at radius 2 is 1.73 bits per heavy atom. The number of thioether (sulfide) groups is 1. The minimum Gasteiger partial charge on any atom is -0.497 e. The molecule has 0 saturated heterocycles. The highest BCUT2D eigenvalue weighted by molar-refractivity contribution is 7.98. The summed E-state index contributed by atoms with van der Waals surface area (Å²) < 4.78 is 11.8. The Labute approximate surface area is 132 Å². The van der Waals surface area contributed by atoms with E-state index in [4.69, 9.17) is 9.15 Å². The van der Waals surface area contributed by atoms with Crippen LogP contribution in [0.2, 0.25) is 0 Å². The molecule has 5 heteroatoms. The maximum atomic E-state index is 12.1. The zero-order valence-corrected chi connectivity index (χ0v) is 13.1. The molecule has 0 unspecified atom stereocenters. The number of rotatable bonds is 4. The van der Waals surface area contributed by atoms with Gasteiger partial charge in [-0.2, -0.15) is 0 Å². The minimum absolute atomic E-state index is 0.408. The van der Waals surface area contributed by atoms with Gasteiger partial charge >= 0.3 is 5.76 Å². The van der Waals surface area contributed by atoms with Crippen molar-refractivity contribution in [2.75, 3.05) is 13.4 Å². The van der Waals surface area contributed by atoms with E-state index in [0.29, 0.717) is 0 Å². The van der Waals surface area contributed by atoms with E-state index in [1.807, 2.05) is 54.8 Å². The van der Waals surface area contributed by atoms with Crippen LogP contribution in [0.3, 0.4) is 0 Å². The third-order valence-corrected chi connectivity index (χ3v) is 4.15. The highest BCUT2D eigenvalue weighted by Crippen LogP contribution is 2.25. The number of hydrogen-bond donors (Lipinski definition) is 0. The molecule has 0 N–H and O–H groups in total. The quantitative estimate of drug-likeness (QED) is 0.687. The predicted molar refractivity (Wildman–Crippen MR) is 88.1 cm³/mol. The molecule has 0 saturated carbocycles. The summed E-state index contributed by atoms with van der Waals surface area (Å²) in [5, 5.41) is 0. The van der Waals surface area contributed by atoms with Crippen molar-refractivity contribution in [2.45, 2.75) is 4.90 Å². The van der Waals surface area contributed by atoms with Gasteiger partial charge in [-0.3, -0.25) is 0 Å². The number of ether oxygens (including phenoxy) is 1. The van der Waals surface area contributed by atoms with Gasteiger partial charge in [0, 0.05) is 10.5 Å². The van der Waals surface area contributed by atoms with Crippen LogP contribution in [0.1, 0.15) is 0 Å². The van der Waals surface area contributed by atoms with Crippen molar-refractivity contribution in [3.63, 3.8) is 0 Å². The van der Waals surface area contributed by atoms with Crippen LogP contribution in [0.25, 0.3) is 16.9 Å². The molecule has 0 bridgehead atoms. The average molecular weight is 313 g/mol. The van der Waals surface area contributed by atoms with Gasteiger partial charge in [0.15, 0.2) is 0 Å². The van der Waals surface area contributed by atoms with E-state index in [2.05, 4.69) is 0 Å². The zero-order valence-electron chi connectivity index (χ0n) is 12.3. The molecular weight excluding hydrogens is 298 g/mol. The molecule has 2 aromatic carbocycles. The van der Waals surface area contributed by atoms with E-state index in [1.165, 1.54) is 11.2 Å². The van der Waals surface area contributed by atoms with Gasteiger partial charge in [-0.05, 0) is 42.7 Å². The summed E-state index contributed by atoms with van der Waals surface area (Å²) in [7, 11) is 1.61. The van der Waals surface area contributed by atoms with E-state index >= 15 is 0 Å². The van der Waals surface area contributed by atoms with Gasteiger partial charge in [0.05, 0.1) is 18.5 Å². The molecule has 0 spiro atoms. The van der Waals surface area contributed by atoms with Crippen molar-refractivity contribution >= 4 is 11.8 Å². The topological polar surface area (TPSA) is 44.4 Å². The lowest BCUT2D eigenvalue weighted by Gasteiger charge is -2.07. The Hall–Kier alpha value is -2.40. The average Bonchev–Trinajstić information content (AvgIpc) is 2.96. The Balaban J connectivity index is 2.08. The number of hydrogen-bond acceptors (Lipinski definition) is 4. The van der Waals surface area contributed by atoms with Crippen molar-refractivity contribution in [1.29, 1.82) is 0 Å². The Morgan fingerprint density at radius 3 is 2.32 bits per heavy atom. The minimum atomic E-state index is -0.408. The number of aromatic nitrogens is 1. The summed E-state index contributed by atoms with van der Waals surface area (Å²) in [6.07, 6.45) is 3.51. The van der Waals surface area contributed by atoms with Gasteiger partial charge < -0.3 is 9.15 Å². The van der Waals surface area contributed by atoms with Crippen LogP contribution < -0.4 is 10.5 Å². The van der Waals surface area contributed by atoms with E-state index in [9.17, 15) is 4.79 Å². The van der Waals surface area contributed by atoms with Crippen LogP contribution in [0, 0.1) is 0 Å². The van der Waals surface area contributed by atoms with E-state index in [-0.39, 0.29) is 0 Å². The molecule has 1 heterocycles. The second-order valence-corrected chi connectivity index (χ2v) is 5.53. The SMILES string of the molecule is COc1ccc(-n2c(-c3ccc(SC)cc3)coc2=O)cc1. The van der Waals surface area contributed by atoms with Crippen LogP contribution >= 0.6 is 11.8 Å². The number of oxazole rings is 1. The fourth-order valence-corrected chi connectivity index (χ4v) is 2.65. The molecular formula is C17H15NO3S. The highest BCUT2D eigenvalue weighted by Gasteiger charge is 2.12. The van der Waals surface area contributed by atoms with E-state index in [1.54, 1.807) is 23.4 Å². The molecule has 4 nitrogen and oxygen atoms in total. The predicted octanol–water partition coefficient (Wildman–Crippen LogP) is 3.83. The van der Waals surface area contributed by atoms with Crippen LogP contribution in [0.15, 0.2) is 68.9 Å². The third kappa shape index (κ3) is 2.67. The van der Waals surface area contributed by atoms with Crippen LogP contribution in [0.5, 0.6) is 5.75 Å². The van der Waals surface area contributed by atoms with Gasteiger partial charge in [-0.25, -0.2) is 9.36 Å². The lowest BCUT2D eigenvalue weighted by atomic mass is 10.1. The van der Waals surface area contributed by atoms with Crippen molar-refractivity contribution in [3.8, 4) is 22.7 Å². The molecule has 0 aliphatic rings. The number of benzene rings is 2. The van der Waals surface area contributed by atoms with Gasteiger partial charge in [-0.1, -0.05) is 12.1 Å². The van der Waals surface area contributed by atoms with Crippen molar-refractivity contribution < 1.29 is 9.15 Å². The standard InChI is InChI=1S/C17H15NO3S/c1-20-14-7-5-13(6-8-14)18-16(11-21-17(18)19)12-3-9-15(22-2)10-4-12/h3-11H,1-2H3. The molecule has 22 heavy (non-hydrogen) atoms. The summed E-state index contributed by atoms with van der Waals surface area (Å²) in [6, 6.07) is 15.3. The van der Waals surface area contributed by atoms with Gasteiger partial charge in [0.1, 0.15) is 12.0 Å². The summed E-state index contributed by atoms with van der Waals surface area (Å²) in [6.45, 7) is 0. The monoisotopic (exact) mass is 313 g/mol. The van der Waals surface area contributed by atoms with Gasteiger partial charge in [0.25, 0.3) is 0 Å². The molecule has 0 fully saturated rings. The number of nitrogens with zero attached hydrogens (tertiary/aromatic N) is 1. The van der Waals surface area contributed by atoms with Crippen molar-refractivity contribution in [2.24, 2.45) is 0 Å². The first-order valence-corrected chi connectivity index (χ1v) is 7.95. The zero-order chi connectivity index (χ0) is 15.5. The molecule has 0 aliphatic heterocycles. The summed E-state index contributed by atoms with van der Waals surface area (Å²) in [5.41, 5.74) is 2.39. The maximum absolute atomic E-state index is 12.1. The Morgan fingerprint density at radius 1 is 1.05 bits per heavy atom. The first-order valence-electron chi connectivity index (χ1n) is 6.72. The molecule has 112 valence electrons. The molecule has 0 atom stereocenters. The molecule has 0 amide bonds. The molecule has 1 aromatic heterocycles. The maximum Gasteiger partial charge on any atom is 0.424 e. The largest absolute Gasteiger partial charge is 0.497 e. The third-order valence-electron chi connectivity index (χ3n) is 3.41. The van der Waals surface area contributed by atoms with E-state index in [0.717, 1.165) is 22.7 Å². The Kier molecular flexibility index (Phi) is 4.06. The molecule has 0 aliphatic carbocycles. The highest BCUT2D eigenvalue weighted by atomic mass is 32.2. The fourth-order valence-electron chi connectivity index (χ4n) is 2.24. The summed E-state index contributed by atoms with van der Waals surface area (Å²) in [5.74, 6) is 0.334. The van der Waals surface area contributed by atoms with Crippen molar-refractivity contribution in [3.05, 3.63) is 65.3 Å². The second-order valence-electron chi connectivity index (χ2n) is 4.65. The van der Waals surface area contributed by atoms with Crippen molar-refractivity contribution in [1.82, 2.24) is 4.57 Å². The van der Waals surface area contributed by atoms with E-state index < -0.39 is 5.76 Å². The summed E-state index contributed by atoms with van der Waals surface area (Å²) in [4.78, 5) is 13.2. The Bertz CT molecular complexity index is 816. The second kappa shape index (κ2) is 6.15. The van der Waals surface area contributed by atoms with Crippen LogP contribution in [-0.2, 0) is 0 Å². The summed E-state index contributed by atoms with van der Waals surface area (Å²) >= 11 is 1.68. The first kappa shape index (κ1) is 14.5. The fraction of sp³-hybridized carbons (Fsp3) is 0.118. The molecule has 3 rings (SSSR count). The smallest absolute Gasteiger partial charge is 0.424 e. The lowest BCUT2D eigenvalue weighted by Crippen LogP contribution is -2.13. The first-order chi connectivity index (χ1) is 10.7. The van der Waals surface area contributed by atoms with Gasteiger partial charge in [-0.15, -0.1) is 11.8 Å². The van der Waals surface area contributed by atoms with Crippen LogP contribution in [0.4, 0.5) is 0 Å².